The molecule has 0 aliphatic heterocycles. The molecule has 0 atom stereocenters. The summed E-state index contributed by atoms with van der Waals surface area (Å²) in [6.07, 6.45) is 3.43. The van der Waals surface area contributed by atoms with Gasteiger partial charge in [0.05, 0.1) is 0 Å². The highest BCUT2D eigenvalue weighted by Gasteiger charge is 1.98. The molecule has 12 heavy (non-hydrogen) atoms. The van der Waals surface area contributed by atoms with Crippen LogP contribution in [0.1, 0.15) is 31.0 Å². The zero-order valence-electron chi connectivity index (χ0n) is 7.60. The molecule has 66 valence electrons. The Morgan fingerprint density at radius 2 is 2.17 bits per heavy atom. The molecule has 1 heterocycles. The number of aromatic nitrogens is 1. The van der Waals surface area contributed by atoms with Gasteiger partial charge in [-0.15, -0.1) is 0 Å². The first-order chi connectivity index (χ1) is 5.74. The van der Waals surface area contributed by atoms with Crippen molar-refractivity contribution in [3.05, 3.63) is 28.5 Å². The molecule has 0 saturated heterocycles. The van der Waals surface area contributed by atoms with E-state index in [9.17, 15) is 0 Å². The van der Waals surface area contributed by atoms with Gasteiger partial charge >= 0.3 is 0 Å². The van der Waals surface area contributed by atoms with Crippen molar-refractivity contribution in [3.63, 3.8) is 0 Å². The van der Waals surface area contributed by atoms with Crippen LogP contribution in [0.3, 0.4) is 0 Å². The van der Waals surface area contributed by atoms with Gasteiger partial charge in [-0.05, 0) is 31.4 Å². The van der Waals surface area contributed by atoms with E-state index >= 15 is 0 Å². The standard InChI is InChI=1S/C10H14ClN/c1-3-4-5-9-7-6-8(2)10(11)12-9/h6-7H,3-5H2,1-2H3. The average molecular weight is 184 g/mol. The maximum Gasteiger partial charge on any atom is 0.132 e. The fraction of sp³-hybridized carbons (Fsp3) is 0.500. The predicted molar refractivity (Wildman–Crippen MR) is 52.6 cm³/mol. The Hall–Kier alpha value is -0.560. The summed E-state index contributed by atoms with van der Waals surface area (Å²) >= 11 is 5.88. The van der Waals surface area contributed by atoms with Gasteiger partial charge in [-0.2, -0.15) is 0 Å². The fourth-order valence-corrected chi connectivity index (χ4v) is 1.21. The summed E-state index contributed by atoms with van der Waals surface area (Å²) in [6.45, 7) is 4.15. The maximum absolute atomic E-state index is 5.88. The van der Waals surface area contributed by atoms with E-state index < -0.39 is 0 Å². The number of unbranched alkanes of at least 4 members (excludes halogenated alkanes) is 1. The number of halogens is 1. The van der Waals surface area contributed by atoms with Crippen molar-refractivity contribution in [1.82, 2.24) is 4.98 Å². The number of pyridine rings is 1. The van der Waals surface area contributed by atoms with Crippen molar-refractivity contribution in [2.24, 2.45) is 0 Å². The predicted octanol–water partition coefficient (Wildman–Crippen LogP) is 3.39. The molecule has 2 heteroatoms. The van der Waals surface area contributed by atoms with Crippen molar-refractivity contribution in [2.45, 2.75) is 33.1 Å². The number of rotatable bonds is 3. The minimum absolute atomic E-state index is 0.642. The van der Waals surface area contributed by atoms with Crippen LogP contribution >= 0.6 is 11.6 Å². The van der Waals surface area contributed by atoms with E-state index in [1.165, 1.54) is 12.8 Å². The summed E-state index contributed by atoms with van der Waals surface area (Å²) in [4.78, 5) is 4.28. The zero-order chi connectivity index (χ0) is 8.97. The SMILES string of the molecule is CCCCc1ccc(C)c(Cl)n1. The van der Waals surface area contributed by atoms with Crippen LogP contribution in [-0.2, 0) is 6.42 Å². The molecule has 1 nitrogen and oxygen atoms in total. The van der Waals surface area contributed by atoms with E-state index in [-0.39, 0.29) is 0 Å². The number of nitrogens with zero attached hydrogens (tertiary/aromatic N) is 1. The molecule has 0 aliphatic carbocycles. The summed E-state index contributed by atoms with van der Waals surface area (Å²) in [7, 11) is 0. The molecule has 0 aromatic carbocycles. The molecule has 0 fully saturated rings. The first kappa shape index (κ1) is 9.53. The molecule has 0 radical (unpaired) electrons. The number of hydrogen-bond donors (Lipinski definition) is 0. The molecule has 1 aromatic rings. The third-order valence-corrected chi connectivity index (χ3v) is 2.26. The Morgan fingerprint density at radius 3 is 2.75 bits per heavy atom. The normalized spacial score (nSPS) is 10.2. The third-order valence-electron chi connectivity index (χ3n) is 1.88. The van der Waals surface area contributed by atoms with Gasteiger partial charge in [0, 0.05) is 5.69 Å². The van der Waals surface area contributed by atoms with Crippen LogP contribution in [0.25, 0.3) is 0 Å². The highest BCUT2D eigenvalue weighted by atomic mass is 35.5. The van der Waals surface area contributed by atoms with Gasteiger partial charge < -0.3 is 0 Å². The summed E-state index contributed by atoms with van der Waals surface area (Å²) < 4.78 is 0. The third kappa shape index (κ3) is 2.49. The second-order valence-electron chi connectivity index (χ2n) is 3.01. The van der Waals surface area contributed by atoms with Crippen LogP contribution in [0.5, 0.6) is 0 Å². The Kier molecular flexibility index (Phi) is 3.54. The van der Waals surface area contributed by atoms with Gasteiger partial charge in [0.2, 0.25) is 0 Å². The van der Waals surface area contributed by atoms with Crippen molar-refractivity contribution >= 4 is 11.6 Å². The average Bonchev–Trinajstić information content (AvgIpc) is 2.07. The topological polar surface area (TPSA) is 12.9 Å². The second-order valence-corrected chi connectivity index (χ2v) is 3.37. The molecule has 0 amide bonds. The lowest BCUT2D eigenvalue weighted by atomic mass is 10.2. The monoisotopic (exact) mass is 183 g/mol. The fourth-order valence-electron chi connectivity index (χ4n) is 1.04. The highest BCUT2D eigenvalue weighted by Crippen LogP contribution is 2.13. The van der Waals surface area contributed by atoms with Crippen LogP contribution in [-0.4, -0.2) is 4.98 Å². The zero-order valence-corrected chi connectivity index (χ0v) is 8.36. The Balaban J connectivity index is 2.69. The quantitative estimate of drug-likeness (QED) is 0.655. The lowest BCUT2D eigenvalue weighted by molar-refractivity contribution is 0.776. The van der Waals surface area contributed by atoms with Crippen molar-refractivity contribution in [1.29, 1.82) is 0 Å². The van der Waals surface area contributed by atoms with Crippen LogP contribution < -0.4 is 0 Å². The van der Waals surface area contributed by atoms with Gasteiger partial charge in [0.25, 0.3) is 0 Å². The summed E-state index contributed by atoms with van der Waals surface area (Å²) in [5.41, 5.74) is 2.16. The van der Waals surface area contributed by atoms with Crippen LogP contribution in [0.15, 0.2) is 12.1 Å². The van der Waals surface area contributed by atoms with Gasteiger partial charge in [0.15, 0.2) is 0 Å². The molecule has 0 aliphatic rings. The van der Waals surface area contributed by atoms with E-state index in [0.717, 1.165) is 17.7 Å². The Morgan fingerprint density at radius 1 is 1.42 bits per heavy atom. The molecule has 0 bridgehead atoms. The first-order valence-corrected chi connectivity index (χ1v) is 4.74. The Labute approximate surface area is 78.8 Å². The highest BCUT2D eigenvalue weighted by molar-refractivity contribution is 6.30. The second kappa shape index (κ2) is 4.46. The van der Waals surface area contributed by atoms with E-state index in [1.807, 2.05) is 13.0 Å². The molecular formula is C10H14ClN. The Bertz CT molecular complexity index is 258. The molecule has 0 saturated carbocycles. The van der Waals surface area contributed by atoms with E-state index in [2.05, 4.69) is 18.0 Å². The van der Waals surface area contributed by atoms with Crippen LogP contribution in [0.2, 0.25) is 5.15 Å². The molecule has 0 unspecified atom stereocenters. The van der Waals surface area contributed by atoms with E-state index in [4.69, 9.17) is 11.6 Å². The summed E-state index contributed by atoms with van der Waals surface area (Å²) in [5.74, 6) is 0. The van der Waals surface area contributed by atoms with Crippen LogP contribution in [0.4, 0.5) is 0 Å². The lowest BCUT2D eigenvalue weighted by Crippen LogP contribution is -1.91. The minimum Gasteiger partial charge on any atom is -0.241 e. The largest absolute Gasteiger partial charge is 0.241 e. The smallest absolute Gasteiger partial charge is 0.132 e. The number of aryl methyl sites for hydroxylation is 2. The summed E-state index contributed by atoms with van der Waals surface area (Å²) in [5, 5.41) is 0.642. The maximum atomic E-state index is 5.88. The molecule has 0 N–H and O–H groups in total. The van der Waals surface area contributed by atoms with Gasteiger partial charge in [0.1, 0.15) is 5.15 Å². The molecule has 1 aromatic heterocycles. The first-order valence-electron chi connectivity index (χ1n) is 4.36. The van der Waals surface area contributed by atoms with Crippen LogP contribution in [0, 0.1) is 6.92 Å². The summed E-state index contributed by atoms with van der Waals surface area (Å²) in [6, 6.07) is 4.08. The number of hydrogen-bond acceptors (Lipinski definition) is 1. The molecule has 1 rings (SSSR count). The van der Waals surface area contributed by atoms with Gasteiger partial charge in [-0.25, -0.2) is 4.98 Å². The minimum atomic E-state index is 0.642. The molecule has 0 spiro atoms. The lowest BCUT2D eigenvalue weighted by Gasteiger charge is -2.01. The van der Waals surface area contributed by atoms with Gasteiger partial charge in [-0.3, -0.25) is 0 Å². The van der Waals surface area contributed by atoms with E-state index in [1.54, 1.807) is 0 Å². The molecular weight excluding hydrogens is 170 g/mol. The van der Waals surface area contributed by atoms with Crippen molar-refractivity contribution in [2.75, 3.05) is 0 Å². The van der Waals surface area contributed by atoms with Gasteiger partial charge in [-0.1, -0.05) is 31.0 Å². The van der Waals surface area contributed by atoms with E-state index in [0.29, 0.717) is 5.15 Å². The van der Waals surface area contributed by atoms with Crippen molar-refractivity contribution < 1.29 is 0 Å². The van der Waals surface area contributed by atoms with Crippen molar-refractivity contribution in [3.8, 4) is 0 Å².